The molecule has 1 atom stereocenters. The quantitative estimate of drug-likeness (QED) is 0.582. The molecule has 0 aromatic carbocycles. The zero-order chi connectivity index (χ0) is 15.6. The summed E-state index contributed by atoms with van der Waals surface area (Å²) in [5.41, 5.74) is 0. The van der Waals surface area contributed by atoms with E-state index in [2.05, 4.69) is 15.9 Å². The van der Waals surface area contributed by atoms with Crippen LogP contribution in [-0.2, 0) is 14.3 Å². The number of hydrogen-bond donors (Lipinski definition) is 0. The molecule has 1 aromatic heterocycles. The fraction of sp³-hybridized carbons (Fsp3) is 0.308. The summed E-state index contributed by atoms with van der Waals surface area (Å²) < 4.78 is 5.79. The predicted octanol–water partition coefficient (Wildman–Crippen LogP) is 3.50. The van der Waals surface area contributed by atoms with Crippen LogP contribution in [0, 0.1) is 0 Å². The molecule has 1 aromatic rings. The van der Waals surface area contributed by atoms with Crippen LogP contribution < -0.4 is 0 Å². The number of esters is 1. The van der Waals surface area contributed by atoms with E-state index in [9.17, 15) is 14.4 Å². The standard InChI is InChI=1S/C13H12BrNO4S2/c1-3-19-12(17)7(2)15-11(16)9(21-13(15)18)6-8-4-5-10(14)20-8/h4-7H,3H2,1-2H3. The lowest BCUT2D eigenvalue weighted by Crippen LogP contribution is -2.42. The van der Waals surface area contributed by atoms with Gasteiger partial charge in [-0.2, -0.15) is 0 Å². The molecule has 0 spiro atoms. The third-order valence-corrected chi connectivity index (χ3v) is 5.16. The summed E-state index contributed by atoms with van der Waals surface area (Å²) in [7, 11) is 0. The van der Waals surface area contributed by atoms with Crippen LogP contribution in [0.1, 0.15) is 18.7 Å². The number of nitrogens with zero attached hydrogens (tertiary/aromatic N) is 1. The number of rotatable bonds is 4. The molecule has 1 fully saturated rings. The molecule has 1 aliphatic heterocycles. The molecule has 0 radical (unpaired) electrons. The van der Waals surface area contributed by atoms with E-state index < -0.39 is 23.2 Å². The molecule has 5 nitrogen and oxygen atoms in total. The maximum Gasteiger partial charge on any atom is 0.329 e. The number of halogens is 1. The van der Waals surface area contributed by atoms with Crippen LogP contribution in [0.3, 0.4) is 0 Å². The second kappa shape index (κ2) is 6.76. The largest absolute Gasteiger partial charge is 0.464 e. The molecule has 21 heavy (non-hydrogen) atoms. The first-order valence-corrected chi connectivity index (χ1v) is 8.55. The lowest BCUT2D eigenvalue weighted by molar-refractivity contribution is -0.150. The molecular weight excluding hydrogens is 378 g/mol. The maximum atomic E-state index is 12.3. The van der Waals surface area contributed by atoms with E-state index in [1.54, 1.807) is 13.0 Å². The van der Waals surface area contributed by atoms with Crippen LogP contribution in [0.15, 0.2) is 20.8 Å². The summed E-state index contributed by atoms with van der Waals surface area (Å²) in [5, 5.41) is -0.456. The van der Waals surface area contributed by atoms with E-state index in [4.69, 9.17) is 4.74 Å². The van der Waals surface area contributed by atoms with E-state index in [0.717, 1.165) is 25.3 Å². The number of thiophene rings is 1. The molecule has 0 saturated carbocycles. The first kappa shape index (κ1) is 16.3. The van der Waals surface area contributed by atoms with E-state index >= 15 is 0 Å². The van der Waals surface area contributed by atoms with Crippen LogP contribution in [0.2, 0.25) is 0 Å². The van der Waals surface area contributed by atoms with Gasteiger partial charge in [-0.3, -0.25) is 14.5 Å². The number of hydrogen-bond acceptors (Lipinski definition) is 6. The average Bonchev–Trinajstić information content (AvgIpc) is 2.94. The highest BCUT2D eigenvalue weighted by Crippen LogP contribution is 2.35. The number of amides is 2. The maximum absolute atomic E-state index is 12.3. The third-order valence-electron chi connectivity index (χ3n) is 2.71. The minimum absolute atomic E-state index is 0.207. The van der Waals surface area contributed by atoms with Gasteiger partial charge in [0, 0.05) is 4.88 Å². The van der Waals surface area contributed by atoms with Gasteiger partial charge in [0.25, 0.3) is 11.1 Å². The molecule has 1 saturated heterocycles. The third kappa shape index (κ3) is 3.56. The van der Waals surface area contributed by atoms with Crippen molar-refractivity contribution in [2.24, 2.45) is 0 Å². The summed E-state index contributed by atoms with van der Waals surface area (Å²) in [6.07, 6.45) is 1.65. The summed E-state index contributed by atoms with van der Waals surface area (Å²) in [6, 6.07) is 2.79. The first-order valence-electron chi connectivity index (χ1n) is 6.13. The predicted molar refractivity (Wildman–Crippen MR) is 85.9 cm³/mol. The van der Waals surface area contributed by atoms with Crippen molar-refractivity contribution in [3.8, 4) is 0 Å². The van der Waals surface area contributed by atoms with Crippen LogP contribution in [-0.4, -0.2) is 34.7 Å². The lowest BCUT2D eigenvalue weighted by Gasteiger charge is -2.19. The van der Waals surface area contributed by atoms with Gasteiger partial charge in [0.05, 0.1) is 15.3 Å². The molecule has 0 bridgehead atoms. The van der Waals surface area contributed by atoms with Gasteiger partial charge in [-0.25, -0.2) is 4.79 Å². The molecule has 112 valence electrons. The number of thioether (sulfide) groups is 1. The molecule has 1 aliphatic rings. The number of carbonyl (C=O) groups is 3. The Balaban J connectivity index is 2.20. The highest BCUT2D eigenvalue weighted by Gasteiger charge is 2.41. The minimum atomic E-state index is -0.918. The summed E-state index contributed by atoms with van der Waals surface area (Å²) in [5.74, 6) is -1.05. The van der Waals surface area contributed by atoms with Gasteiger partial charge in [0.2, 0.25) is 0 Å². The summed E-state index contributed by atoms with van der Waals surface area (Å²) in [4.78, 5) is 38.0. The fourth-order valence-corrected chi connectivity index (χ4v) is 4.06. The van der Waals surface area contributed by atoms with E-state index in [-0.39, 0.29) is 6.61 Å². The lowest BCUT2D eigenvalue weighted by atomic mass is 10.3. The van der Waals surface area contributed by atoms with Crippen LogP contribution in [0.4, 0.5) is 4.79 Å². The van der Waals surface area contributed by atoms with Gasteiger partial charge in [-0.05, 0) is 59.7 Å². The van der Waals surface area contributed by atoms with Gasteiger partial charge in [-0.1, -0.05) is 0 Å². The topological polar surface area (TPSA) is 63.7 Å². The Morgan fingerprint density at radius 2 is 2.19 bits per heavy atom. The molecule has 2 rings (SSSR count). The molecular formula is C13H12BrNO4S2. The summed E-state index contributed by atoms with van der Waals surface area (Å²) in [6.45, 7) is 3.37. The van der Waals surface area contributed by atoms with Gasteiger partial charge in [0.1, 0.15) is 6.04 Å². The Hall–Kier alpha value is -1.12. The highest BCUT2D eigenvalue weighted by molar-refractivity contribution is 9.11. The molecule has 0 N–H and O–H groups in total. The van der Waals surface area contributed by atoms with Crippen molar-refractivity contribution < 1.29 is 19.1 Å². The average molecular weight is 390 g/mol. The van der Waals surface area contributed by atoms with Gasteiger partial charge in [0.15, 0.2) is 0 Å². The molecule has 2 heterocycles. The van der Waals surface area contributed by atoms with Gasteiger partial charge in [-0.15, -0.1) is 11.3 Å². The van der Waals surface area contributed by atoms with Crippen molar-refractivity contribution in [1.29, 1.82) is 0 Å². The number of ether oxygens (including phenoxy) is 1. The highest BCUT2D eigenvalue weighted by atomic mass is 79.9. The Labute approximate surface area is 138 Å². The van der Waals surface area contributed by atoms with E-state index in [1.165, 1.54) is 18.3 Å². The minimum Gasteiger partial charge on any atom is -0.464 e. The molecule has 8 heteroatoms. The SMILES string of the molecule is CCOC(=O)C(C)N1C(=O)SC(=Cc2ccc(Br)s2)C1=O. The molecule has 2 amide bonds. The first-order chi connectivity index (χ1) is 9.93. The number of carbonyl (C=O) groups excluding carboxylic acids is 3. The second-order valence-electron chi connectivity index (χ2n) is 4.12. The second-order valence-corrected chi connectivity index (χ2v) is 7.61. The normalized spacial score (nSPS) is 18.4. The van der Waals surface area contributed by atoms with Crippen LogP contribution >= 0.6 is 39.0 Å². The Kier molecular flexibility index (Phi) is 5.23. The molecule has 0 aliphatic carbocycles. The zero-order valence-corrected chi connectivity index (χ0v) is 14.5. The van der Waals surface area contributed by atoms with Crippen LogP contribution in [0.25, 0.3) is 6.08 Å². The Morgan fingerprint density at radius 1 is 1.48 bits per heavy atom. The van der Waals surface area contributed by atoms with E-state index in [1.807, 2.05) is 12.1 Å². The zero-order valence-electron chi connectivity index (χ0n) is 11.3. The monoisotopic (exact) mass is 389 g/mol. The van der Waals surface area contributed by atoms with Crippen molar-refractivity contribution in [2.75, 3.05) is 6.61 Å². The van der Waals surface area contributed by atoms with Crippen LogP contribution in [0.5, 0.6) is 0 Å². The molecule has 1 unspecified atom stereocenters. The van der Waals surface area contributed by atoms with Gasteiger partial charge >= 0.3 is 5.97 Å². The van der Waals surface area contributed by atoms with Crippen molar-refractivity contribution in [2.45, 2.75) is 19.9 Å². The summed E-state index contributed by atoms with van der Waals surface area (Å²) >= 11 is 5.63. The van der Waals surface area contributed by atoms with Crippen molar-refractivity contribution in [1.82, 2.24) is 4.90 Å². The Bertz CT molecular complexity index is 625. The van der Waals surface area contributed by atoms with Gasteiger partial charge < -0.3 is 4.74 Å². The van der Waals surface area contributed by atoms with Crippen molar-refractivity contribution in [3.63, 3.8) is 0 Å². The van der Waals surface area contributed by atoms with Crippen molar-refractivity contribution >= 4 is 62.2 Å². The van der Waals surface area contributed by atoms with Crippen molar-refractivity contribution in [3.05, 3.63) is 25.7 Å². The Morgan fingerprint density at radius 3 is 2.76 bits per heavy atom. The number of imide groups is 1. The fourth-order valence-electron chi connectivity index (χ4n) is 1.72. The smallest absolute Gasteiger partial charge is 0.329 e. The van der Waals surface area contributed by atoms with E-state index in [0.29, 0.717) is 4.91 Å².